The van der Waals surface area contributed by atoms with Crippen LogP contribution in [0.3, 0.4) is 0 Å². The van der Waals surface area contributed by atoms with Gasteiger partial charge in [-0.15, -0.1) is 0 Å². The Morgan fingerprint density at radius 1 is 1.22 bits per heavy atom. The molecule has 4 rings (SSSR count). The van der Waals surface area contributed by atoms with Crippen molar-refractivity contribution in [1.29, 1.82) is 0 Å². The van der Waals surface area contributed by atoms with Gasteiger partial charge in [-0.25, -0.2) is 9.97 Å². The van der Waals surface area contributed by atoms with Crippen molar-refractivity contribution >= 4 is 11.7 Å². The quantitative estimate of drug-likeness (QED) is 0.794. The highest BCUT2D eigenvalue weighted by Crippen LogP contribution is 2.38. The molecule has 0 atom stereocenters. The fourth-order valence-electron chi connectivity index (χ4n) is 3.37. The minimum Gasteiger partial charge on any atom is -0.480 e. The summed E-state index contributed by atoms with van der Waals surface area (Å²) in [4.78, 5) is 26.0. The first-order chi connectivity index (χ1) is 13.1. The molecule has 2 fully saturated rings. The summed E-state index contributed by atoms with van der Waals surface area (Å²) >= 11 is 0. The molecule has 0 bridgehead atoms. The van der Waals surface area contributed by atoms with E-state index in [2.05, 4.69) is 21.0 Å². The van der Waals surface area contributed by atoms with Crippen LogP contribution in [0.2, 0.25) is 0 Å². The number of anilines is 1. The number of carbonyl (C=O) groups excluding carboxylic acids is 1. The Hall–Kier alpha value is -2.64. The molecule has 3 heterocycles. The number of hydrogen-bond donors (Lipinski definition) is 0. The van der Waals surface area contributed by atoms with E-state index in [1.807, 2.05) is 18.9 Å². The van der Waals surface area contributed by atoms with Crippen molar-refractivity contribution in [2.45, 2.75) is 32.1 Å². The van der Waals surface area contributed by atoms with E-state index in [0.29, 0.717) is 18.2 Å². The van der Waals surface area contributed by atoms with Crippen LogP contribution in [0.5, 0.6) is 5.75 Å². The van der Waals surface area contributed by atoms with E-state index in [1.54, 1.807) is 17.1 Å². The van der Waals surface area contributed by atoms with Crippen LogP contribution in [0.1, 0.15) is 36.7 Å². The first-order valence-electron chi connectivity index (χ1n) is 9.58. The number of aryl methyl sites for hydroxylation is 2. The molecular weight excluding hydrogens is 344 g/mol. The number of amides is 1. The molecule has 1 saturated heterocycles. The highest BCUT2D eigenvalue weighted by molar-refractivity contribution is 5.77. The van der Waals surface area contributed by atoms with Crippen LogP contribution in [0.25, 0.3) is 0 Å². The Morgan fingerprint density at radius 2 is 2.07 bits per heavy atom. The fraction of sp³-hybridized carbons (Fsp3) is 0.579. The summed E-state index contributed by atoms with van der Waals surface area (Å²) in [5, 5.41) is 4.04. The SMILES string of the molecule is Cc1cc(N2CCCN(C(=O)COc3cnn(C)c3)CC2)nc(C2CC2)n1. The maximum Gasteiger partial charge on any atom is 0.260 e. The molecule has 1 aliphatic heterocycles. The normalized spacial score (nSPS) is 17.7. The summed E-state index contributed by atoms with van der Waals surface area (Å²) in [7, 11) is 1.82. The van der Waals surface area contributed by atoms with Crippen LogP contribution in [0, 0.1) is 6.92 Å². The van der Waals surface area contributed by atoms with Gasteiger partial charge < -0.3 is 14.5 Å². The molecular formula is C19H26N6O2. The first-order valence-corrected chi connectivity index (χ1v) is 9.58. The molecule has 8 heteroatoms. The molecule has 144 valence electrons. The molecule has 1 saturated carbocycles. The Morgan fingerprint density at radius 3 is 2.81 bits per heavy atom. The van der Waals surface area contributed by atoms with Crippen molar-refractivity contribution in [3.05, 3.63) is 30.0 Å². The van der Waals surface area contributed by atoms with Gasteiger partial charge in [-0.1, -0.05) is 0 Å². The van der Waals surface area contributed by atoms with Crippen LogP contribution < -0.4 is 9.64 Å². The van der Waals surface area contributed by atoms with Gasteiger partial charge in [-0.05, 0) is 26.2 Å². The minimum atomic E-state index is 0.0123. The number of rotatable bonds is 5. The van der Waals surface area contributed by atoms with Crippen molar-refractivity contribution in [3.8, 4) is 5.75 Å². The number of aromatic nitrogens is 4. The monoisotopic (exact) mass is 370 g/mol. The van der Waals surface area contributed by atoms with E-state index in [4.69, 9.17) is 9.72 Å². The highest BCUT2D eigenvalue weighted by Gasteiger charge is 2.28. The summed E-state index contributed by atoms with van der Waals surface area (Å²) in [5.74, 6) is 3.14. The van der Waals surface area contributed by atoms with E-state index in [9.17, 15) is 4.79 Å². The van der Waals surface area contributed by atoms with Gasteiger partial charge in [0.2, 0.25) is 0 Å². The van der Waals surface area contributed by atoms with Gasteiger partial charge in [0.15, 0.2) is 12.4 Å². The summed E-state index contributed by atoms with van der Waals surface area (Å²) in [6, 6.07) is 2.05. The molecule has 0 spiro atoms. The van der Waals surface area contributed by atoms with Crippen LogP contribution in [-0.2, 0) is 11.8 Å². The maximum absolute atomic E-state index is 12.5. The molecule has 2 aliphatic rings. The standard InChI is InChI=1S/C19H26N6O2/c1-14-10-17(22-19(21-14)15-4-5-15)24-6-3-7-25(9-8-24)18(26)13-27-16-11-20-23(2)12-16/h10-12,15H,3-9,13H2,1-2H3. The topological polar surface area (TPSA) is 76.4 Å². The minimum absolute atomic E-state index is 0.0123. The molecule has 1 aliphatic carbocycles. The number of ether oxygens (including phenoxy) is 1. The summed E-state index contributed by atoms with van der Waals surface area (Å²) < 4.78 is 7.21. The zero-order valence-corrected chi connectivity index (χ0v) is 16.0. The van der Waals surface area contributed by atoms with Gasteiger partial charge in [0.1, 0.15) is 11.6 Å². The van der Waals surface area contributed by atoms with Crippen LogP contribution in [0.15, 0.2) is 18.5 Å². The lowest BCUT2D eigenvalue weighted by molar-refractivity contribution is -0.133. The van der Waals surface area contributed by atoms with E-state index in [-0.39, 0.29) is 12.5 Å². The van der Waals surface area contributed by atoms with E-state index >= 15 is 0 Å². The molecule has 2 aromatic heterocycles. The predicted molar refractivity (Wildman–Crippen MR) is 101 cm³/mol. The lowest BCUT2D eigenvalue weighted by atomic mass is 10.3. The van der Waals surface area contributed by atoms with E-state index < -0.39 is 0 Å². The van der Waals surface area contributed by atoms with Gasteiger partial charge in [0, 0.05) is 50.9 Å². The van der Waals surface area contributed by atoms with Crippen molar-refractivity contribution in [1.82, 2.24) is 24.6 Å². The molecule has 2 aromatic rings. The average molecular weight is 370 g/mol. The van der Waals surface area contributed by atoms with E-state index in [1.165, 1.54) is 12.8 Å². The molecule has 0 unspecified atom stereocenters. The Labute approximate surface area is 159 Å². The summed E-state index contributed by atoms with van der Waals surface area (Å²) in [6.07, 6.45) is 6.68. The van der Waals surface area contributed by atoms with Gasteiger partial charge in [0.05, 0.1) is 12.4 Å². The summed E-state index contributed by atoms with van der Waals surface area (Å²) in [6.45, 7) is 5.17. The Balaban J connectivity index is 1.35. The molecule has 1 amide bonds. The van der Waals surface area contributed by atoms with Crippen molar-refractivity contribution in [3.63, 3.8) is 0 Å². The molecule has 0 N–H and O–H groups in total. The second kappa shape index (κ2) is 7.54. The van der Waals surface area contributed by atoms with Gasteiger partial charge in [-0.3, -0.25) is 9.48 Å². The molecule has 8 nitrogen and oxygen atoms in total. The average Bonchev–Trinajstić information content (AvgIpc) is 3.45. The van der Waals surface area contributed by atoms with Gasteiger partial charge in [-0.2, -0.15) is 5.10 Å². The first kappa shape index (κ1) is 17.8. The fourth-order valence-corrected chi connectivity index (χ4v) is 3.37. The van der Waals surface area contributed by atoms with Gasteiger partial charge >= 0.3 is 0 Å². The second-order valence-corrected chi connectivity index (χ2v) is 7.36. The maximum atomic E-state index is 12.5. The smallest absolute Gasteiger partial charge is 0.260 e. The zero-order valence-electron chi connectivity index (χ0n) is 16.0. The highest BCUT2D eigenvalue weighted by atomic mass is 16.5. The van der Waals surface area contributed by atoms with Gasteiger partial charge in [0.25, 0.3) is 5.91 Å². The van der Waals surface area contributed by atoms with Crippen molar-refractivity contribution < 1.29 is 9.53 Å². The molecule has 0 radical (unpaired) electrons. The molecule has 0 aromatic carbocycles. The third-order valence-corrected chi connectivity index (χ3v) is 5.02. The third kappa shape index (κ3) is 4.37. The lowest BCUT2D eigenvalue weighted by Gasteiger charge is -2.23. The summed E-state index contributed by atoms with van der Waals surface area (Å²) in [5.41, 5.74) is 1.02. The lowest BCUT2D eigenvalue weighted by Crippen LogP contribution is -2.38. The zero-order chi connectivity index (χ0) is 18.8. The van der Waals surface area contributed by atoms with Crippen molar-refractivity contribution in [2.24, 2.45) is 7.05 Å². The van der Waals surface area contributed by atoms with Crippen LogP contribution >= 0.6 is 0 Å². The Kier molecular flexibility index (Phi) is 4.96. The second-order valence-electron chi connectivity index (χ2n) is 7.36. The Bertz CT molecular complexity index is 816. The number of nitrogens with zero attached hydrogens (tertiary/aromatic N) is 6. The van der Waals surface area contributed by atoms with E-state index in [0.717, 1.165) is 43.4 Å². The van der Waals surface area contributed by atoms with Crippen molar-refractivity contribution in [2.75, 3.05) is 37.7 Å². The van der Waals surface area contributed by atoms with Crippen LogP contribution in [0.4, 0.5) is 5.82 Å². The number of carbonyl (C=O) groups is 1. The largest absolute Gasteiger partial charge is 0.480 e. The van der Waals surface area contributed by atoms with Crippen LogP contribution in [-0.4, -0.2) is 63.3 Å². The number of hydrogen-bond acceptors (Lipinski definition) is 6. The predicted octanol–water partition coefficient (Wildman–Crippen LogP) is 1.51. The third-order valence-electron chi connectivity index (χ3n) is 5.02. The molecule has 27 heavy (non-hydrogen) atoms.